The number of H-pyrrole nitrogens is 1. The molecule has 1 unspecified atom stereocenters. The van der Waals surface area contributed by atoms with Gasteiger partial charge >= 0.3 is 0 Å². The van der Waals surface area contributed by atoms with Gasteiger partial charge in [0.25, 0.3) is 5.91 Å². The normalized spacial score (nSPS) is 17.6. The number of carbonyl (C=O) groups excluding carboxylic acids is 1. The summed E-state index contributed by atoms with van der Waals surface area (Å²) >= 11 is 0. The Morgan fingerprint density at radius 2 is 2.17 bits per heavy atom. The predicted octanol–water partition coefficient (Wildman–Crippen LogP) is 2.13. The van der Waals surface area contributed by atoms with E-state index in [9.17, 15) is 9.59 Å². The number of nitrogens with zero attached hydrogens (tertiary/aromatic N) is 2. The van der Waals surface area contributed by atoms with E-state index in [-0.39, 0.29) is 23.0 Å². The summed E-state index contributed by atoms with van der Waals surface area (Å²) in [6, 6.07) is 2.87. The van der Waals surface area contributed by atoms with E-state index in [0.29, 0.717) is 5.56 Å². The van der Waals surface area contributed by atoms with Gasteiger partial charge in [0.1, 0.15) is 0 Å². The minimum Gasteiger partial charge on any atom is -0.345 e. The number of aromatic amines is 1. The topological polar surface area (TPSA) is 79.8 Å². The van der Waals surface area contributed by atoms with Crippen LogP contribution in [0.15, 0.2) is 29.3 Å². The monoisotopic (exact) mass is 314 g/mol. The lowest BCUT2D eigenvalue weighted by Gasteiger charge is -2.28. The van der Waals surface area contributed by atoms with Crippen LogP contribution in [0.2, 0.25) is 0 Å². The Hall–Kier alpha value is -2.37. The molecule has 0 fully saturated rings. The second kappa shape index (κ2) is 5.68. The number of carbonyl (C=O) groups is 1. The molecule has 2 aromatic heterocycles. The molecule has 0 saturated carbocycles. The minimum absolute atomic E-state index is 0.0331. The summed E-state index contributed by atoms with van der Waals surface area (Å²) in [4.78, 5) is 26.0. The number of fused-ring (bicyclic) bond motifs is 1. The molecule has 1 atom stereocenters. The van der Waals surface area contributed by atoms with Crippen LogP contribution >= 0.6 is 0 Å². The Morgan fingerprint density at radius 1 is 1.39 bits per heavy atom. The molecule has 6 heteroatoms. The molecule has 6 nitrogen and oxygen atoms in total. The Bertz CT molecular complexity index is 762. The molecule has 122 valence electrons. The number of nitrogens with one attached hydrogen (secondary N) is 2. The lowest BCUT2D eigenvalue weighted by molar-refractivity contribution is 0.0932. The number of pyridine rings is 1. The number of aromatic nitrogens is 3. The first-order chi connectivity index (χ1) is 10.9. The maximum atomic E-state index is 12.4. The van der Waals surface area contributed by atoms with E-state index in [1.54, 1.807) is 0 Å². The molecule has 2 N–H and O–H groups in total. The van der Waals surface area contributed by atoms with E-state index in [1.165, 1.54) is 24.0 Å². The first-order valence-corrected chi connectivity index (χ1v) is 7.93. The highest BCUT2D eigenvalue weighted by molar-refractivity contribution is 5.94. The van der Waals surface area contributed by atoms with Crippen LogP contribution in [0.4, 0.5) is 0 Å². The van der Waals surface area contributed by atoms with E-state index in [2.05, 4.69) is 40.9 Å². The molecule has 2 heterocycles. The third kappa shape index (κ3) is 3.06. The van der Waals surface area contributed by atoms with Gasteiger partial charge in [-0.15, -0.1) is 0 Å². The zero-order valence-electron chi connectivity index (χ0n) is 13.7. The van der Waals surface area contributed by atoms with Crippen molar-refractivity contribution in [2.24, 2.45) is 0 Å². The number of amides is 1. The van der Waals surface area contributed by atoms with Crippen LogP contribution in [-0.4, -0.2) is 20.7 Å². The summed E-state index contributed by atoms with van der Waals surface area (Å²) in [5, 5.41) is 7.59. The van der Waals surface area contributed by atoms with Gasteiger partial charge < -0.3 is 10.3 Å². The number of hydrogen-bond acceptors (Lipinski definition) is 3. The van der Waals surface area contributed by atoms with E-state index >= 15 is 0 Å². The van der Waals surface area contributed by atoms with Crippen LogP contribution in [-0.2, 0) is 12.0 Å². The van der Waals surface area contributed by atoms with Crippen LogP contribution in [0.25, 0.3) is 0 Å². The lowest BCUT2D eigenvalue weighted by atomic mass is 9.92. The third-order valence-corrected chi connectivity index (χ3v) is 4.17. The van der Waals surface area contributed by atoms with E-state index in [4.69, 9.17) is 0 Å². The van der Waals surface area contributed by atoms with E-state index in [0.717, 1.165) is 24.8 Å². The minimum atomic E-state index is -0.215. The van der Waals surface area contributed by atoms with Crippen molar-refractivity contribution in [3.63, 3.8) is 0 Å². The Labute approximate surface area is 134 Å². The first kappa shape index (κ1) is 15.5. The van der Waals surface area contributed by atoms with Gasteiger partial charge in [0.15, 0.2) is 0 Å². The average Bonchev–Trinajstić information content (AvgIpc) is 2.93. The molecular formula is C17H22N4O2. The largest absolute Gasteiger partial charge is 0.345 e. The van der Waals surface area contributed by atoms with Crippen molar-refractivity contribution in [2.75, 3.05) is 0 Å². The second-order valence-corrected chi connectivity index (χ2v) is 6.99. The van der Waals surface area contributed by atoms with Crippen LogP contribution in [0, 0.1) is 0 Å². The van der Waals surface area contributed by atoms with Crippen LogP contribution in [0.3, 0.4) is 0 Å². The third-order valence-electron chi connectivity index (χ3n) is 4.17. The molecule has 23 heavy (non-hydrogen) atoms. The average molecular weight is 314 g/mol. The van der Waals surface area contributed by atoms with Crippen molar-refractivity contribution in [3.05, 3.63) is 51.7 Å². The van der Waals surface area contributed by atoms with Gasteiger partial charge in [0.05, 0.1) is 23.3 Å². The van der Waals surface area contributed by atoms with Gasteiger partial charge in [-0.1, -0.05) is 0 Å². The fraction of sp³-hybridized carbons (Fsp3) is 0.471. The molecule has 0 aromatic carbocycles. The maximum absolute atomic E-state index is 12.4. The Kier molecular flexibility index (Phi) is 3.83. The van der Waals surface area contributed by atoms with Crippen molar-refractivity contribution in [1.29, 1.82) is 0 Å². The van der Waals surface area contributed by atoms with Crippen molar-refractivity contribution >= 4 is 5.91 Å². The quantitative estimate of drug-likeness (QED) is 0.891. The summed E-state index contributed by atoms with van der Waals surface area (Å²) in [6.07, 6.45) is 6.22. The summed E-state index contributed by atoms with van der Waals surface area (Å²) in [5.41, 5.74) is 2.48. The zero-order valence-corrected chi connectivity index (χ0v) is 13.7. The highest BCUT2D eigenvalue weighted by atomic mass is 16.2. The van der Waals surface area contributed by atoms with E-state index < -0.39 is 0 Å². The van der Waals surface area contributed by atoms with Crippen molar-refractivity contribution < 1.29 is 4.79 Å². The summed E-state index contributed by atoms with van der Waals surface area (Å²) in [6.45, 7) is 6.38. The van der Waals surface area contributed by atoms with Gasteiger partial charge in [-0.2, -0.15) is 5.10 Å². The van der Waals surface area contributed by atoms with Gasteiger partial charge in [-0.3, -0.25) is 14.3 Å². The van der Waals surface area contributed by atoms with Crippen LogP contribution in [0.1, 0.15) is 61.3 Å². The number of rotatable bonds is 2. The summed E-state index contributed by atoms with van der Waals surface area (Å²) in [5.74, 6) is -0.178. The maximum Gasteiger partial charge on any atom is 0.253 e. The van der Waals surface area contributed by atoms with Crippen LogP contribution < -0.4 is 10.9 Å². The fourth-order valence-electron chi connectivity index (χ4n) is 3.08. The first-order valence-electron chi connectivity index (χ1n) is 7.93. The smallest absolute Gasteiger partial charge is 0.253 e. The summed E-state index contributed by atoms with van der Waals surface area (Å²) in [7, 11) is 0. The molecule has 1 aliphatic carbocycles. The standard InChI is InChI=1S/C17H22N4O2/c1-17(2,3)21-14-6-4-5-13(12(14)10-19-21)20-16(23)11-7-8-15(22)18-9-11/h7-10,13H,4-6H2,1-3H3,(H,18,22)(H,20,23). The molecule has 3 rings (SSSR count). The Morgan fingerprint density at radius 3 is 2.83 bits per heavy atom. The van der Waals surface area contributed by atoms with Crippen molar-refractivity contribution in [3.8, 4) is 0 Å². The van der Waals surface area contributed by atoms with E-state index in [1.807, 2.05) is 6.20 Å². The highest BCUT2D eigenvalue weighted by Gasteiger charge is 2.29. The molecule has 0 radical (unpaired) electrons. The van der Waals surface area contributed by atoms with Gasteiger partial charge in [-0.25, -0.2) is 0 Å². The van der Waals surface area contributed by atoms with Gasteiger partial charge in [0.2, 0.25) is 5.56 Å². The molecule has 2 aromatic rings. The van der Waals surface area contributed by atoms with Gasteiger partial charge in [0, 0.05) is 23.5 Å². The number of hydrogen-bond donors (Lipinski definition) is 2. The van der Waals surface area contributed by atoms with Gasteiger partial charge in [-0.05, 0) is 46.1 Å². The SMILES string of the molecule is CC(C)(C)n1ncc2c1CCCC2NC(=O)c1ccc(=O)[nH]c1. The van der Waals surface area contributed by atoms with Crippen molar-refractivity contribution in [2.45, 2.75) is 51.6 Å². The molecule has 0 saturated heterocycles. The fourth-order valence-corrected chi connectivity index (χ4v) is 3.08. The molecule has 1 aliphatic rings. The molecular weight excluding hydrogens is 292 g/mol. The summed E-state index contributed by atoms with van der Waals surface area (Å²) < 4.78 is 2.06. The molecule has 0 spiro atoms. The van der Waals surface area contributed by atoms with Crippen molar-refractivity contribution in [1.82, 2.24) is 20.1 Å². The highest BCUT2D eigenvalue weighted by Crippen LogP contribution is 2.32. The second-order valence-electron chi connectivity index (χ2n) is 6.99. The Balaban J connectivity index is 1.84. The lowest BCUT2D eigenvalue weighted by Crippen LogP contribution is -2.32. The zero-order chi connectivity index (χ0) is 16.6. The molecule has 0 aliphatic heterocycles. The van der Waals surface area contributed by atoms with Crippen LogP contribution in [0.5, 0.6) is 0 Å². The predicted molar refractivity (Wildman–Crippen MR) is 87.4 cm³/mol. The molecule has 1 amide bonds. The molecule has 0 bridgehead atoms.